The molecule has 0 amide bonds. The Morgan fingerprint density at radius 2 is 2.26 bits per heavy atom. The van der Waals surface area contributed by atoms with Gasteiger partial charge in [-0.15, -0.1) is 0 Å². The summed E-state index contributed by atoms with van der Waals surface area (Å²) in [6, 6.07) is 0. The van der Waals surface area contributed by atoms with Crippen molar-refractivity contribution in [1.29, 1.82) is 0 Å². The molecule has 19 heavy (non-hydrogen) atoms. The minimum atomic E-state index is -1.03. The van der Waals surface area contributed by atoms with Crippen LogP contribution in [0.1, 0.15) is 43.6 Å². The highest BCUT2D eigenvalue weighted by molar-refractivity contribution is 5.84. The monoisotopic (exact) mass is 263 g/mol. The van der Waals surface area contributed by atoms with E-state index in [1.165, 1.54) is 25.5 Å². The van der Waals surface area contributed by atoms with Crippen molar-refractivity contribution in [2.45, 2.75) is 33.1 Å². The fourth-order valence-corrected chi connectivity index (χ4v) is 2.73. The number of carbonyl (C=O) groups is 1. The van der Waals surface area contributed by atoms with E-state index in [4.69, 9.17) is 5.11 Å². The van der Waals surface area contributed by atoms with Crippen LogP contribution in [0.25, 0.3) is 0 Å². The van der Waals surface area contributed by atoms with Gasteiger partial charge >= 0.3 is 5.97 Å². The second-order valence-corrected chi connectivity index (χ2v) is 5.65. The summed E-state index contributed by atoms with van der Waals surface area (Å²) in [4.78, 5) is 21.1. The molecule has 0 bridgehead atoms. The molecule has 2 heterocycles. The van der Waals surface area contributed by atoms with Crippen molar-refractivity contribution in [1.82, 2.24) is 9.97 Å². The number of carboxylic acids is 1. The van der Waals surface area contributed by atoms with E-state index in [1.54, 1.807) is 6.20 Å². The summed E-state index contributed by atoms with van der Waals surface area (Å²) in [6.45, 7) is 6.48. The molecule has 1 aliphatic rings. The second-order valence-electron chi connectivity index (χ2n) is 5.65. The van der Waals surface area contributed by atoms with Crippen molar-refractivity contribution in [3.63, 3.8) is 0 Å². The van der Waals surface area contributed by atoms with Crippen LogP contribution in [0.3, 0.4) is 0 Å². The molecule has 0 radical (unpaired) electrons. The lowest BCUT2D eigenvalue weighted by Crippen LogP contribution is -2.36. The van der Waals surface area contributed by atoms with Crippen molar-refractivity contribution in [3.8, 4) is 0 Å². The number of aromatic carboxylic acids is 1. The van der Waals surface area contributed by atoms with Crippen molar-refractivity contribution < 1.29 is 9.90 Å². The molecule has 0 aromatic carbocycles. The van der Waals surface area contributed by atoms with Crippen LogP contribution in [0.15, 0.2) is 12.4 Å². The Kier molecular flexibility index (Phi) is 4.35. The average molecular weight is 263 g/mol. The highest BCUT2D eigenvalue weighted by Crippen LogP contribution is 2.25. The predicted octanol–water partition coefficient (Wildman–Crippen LogP) is 2.44. The average Bonchev–Trinajstić information content (AvgIpc) is 2.38. The molecule has 1 atom stereocenters. The van der Waals surface area contributed by atoms with Crippen molar-refractivity contribution in [2.24, 2.45) is 11.8 Å². The largest absolute Gasteiger partial charge is 0.476 e. The molecule has 1 aromatic rings. The molecule has 104 valence electrons. The standard InChI is InChI=1S/C14H21N3O2/c1-10(2)6-11-4-3-5-17(9-11)13-8-15-12(7-16-13)14(18)19/h7-8,10-11H,3-6,9H2,1-2H3,(H,18,19). The molecular formula is C14H21N3O2. The summed E-state index contributed by atoms with van der Waals surface area (Å²) in [5, 5.41) is 8.81. The normalized spacial score (nSPS) is 19.7. The predicted molar refractivity (Wildman–Crippen MR) is 73.4 cm³/mol. The van der Waals surface area contributed by atoms with Gasteiger partial charge in [0.05, 0.1) is 12.4 Å². The van der Waals surface area contributed by atoms with Gasteiger partial charge in [0.25, 0.3) is 0 Å². The molecule has 1 fully saturated rings. The van der Waals surface area contributed by atoms with E-state index in [2.05, 4.69) is 28.7 Å². The fourth-order valence-electron chi connectivity index (χ4n) is 2.73. The van der Waals surface area contributed by atoms with E-state index < -0.39 is 5.97 Å². The summed E-state index contributed by atoms with van der Waals surface area (Å²) in [6.07, 6.45) is 6.58. The van der Waals surface area contributed by atoms with Gasteiger partial charge in [-0.1, -0.05) is 13.8 Å². The number of rotatable bonds is 4. The highest BCUT2D eigenvalue weighted by atomic mass is 16.4. The third-order valence-corrected chi connectivity index (χ3v) is 3.51. The van der Waals surface area contributed by atoms with Crippen LogP contribution in [0.4, 0.5) is 5.82 Å². The first-order valence-corrected chi connectivity index (χ1v) is 6.86. The Morgan fingerprint density at radius 3 is 2.84 bits per heavy atom. The van der Waals surface area contributed by atoms with E-state index in [0.717, 1.165) is 18.9 Å². The Balaban J connectivity index is 2.02. The summed E-state index contributed by atoms with van der Waals surface area (Å²) in [7, 11) is 0. The molecule has 2 rings (SSSR count). The minimum absolute atomic E-state index is 0.000472. The first-order chi connectivity index (χ1) is 9.06. The molecule has 1 N–H and O–H groups in total. The molecule has 1 unspecified atom stereocenters. The lowest BCUT2D eigenvalue weighted by atomic mass is 9.90. The number of hydrogen-bond acceptors (Lipinski definition) is 4. The molecule has 5 heteroatoms. The van der Waals surface area contributed by atoms with Gasteiger partial charge in [0.1, 0.15) is 5.82 Å². The fraction of sp³-hybridized carbons (Fsp3) is 0.643. The van der Waals surface area contributed by atoms with Crippen LogP contribution in [-0.4, -0.2) is 34.1 Å². The van der Waals surface area contributed by atoms with Crippen LogP contribution in [0.2, 0.25) is 0 Å². The Bertz CT molecular complexity index is 431. The van der Waals surface area contributed by atoms with Crippen LogP contribution >= 0.6 is 0 Å². The van der Waals surface area contributed by atoms with Gasteiger partial charge in [-0.2, -0.15) is 0 Å². The number of carboxylic acid groups (broad SMARTS) is 1. The zero-order valence-electron chi connectivity index (χ0n) is 11.5. The third-order valence-electron chi connectivity index (χ3n) is 3.51. The molecule has 5 nitrogen and oxygen atoms in total. The third kappa shape index (κ3) is 3.66. The van der Waals surface area contributed by atoms with Gasteiger partial charge in [-0.05, 0) is 31.1 Å². The molecule has 0 aliphatic carbocycles. The lowest BCUT2D eigenvalue weighted by molar-refractivity contribution is 0.0690. The molecule has 1 aromatic heterocycles. The summed E-state index contributed by atoms with van der Waals surface area (Å²) < 4.78 is 0. The number of hydrogen-bond donors (Lipinski definition) is 1. The number of nitrogens with zero attached hydrogens (tertiary/aromatic N) is 3. The Hall–Kier alpha value is -1.65. The van der Waals surface area contributed by atoms with Crippen molar-refractivity contribution >= 4 is 11.8 Å². The van der Waals surface area contributed by atoms with Gasteiger partial charge < -0.3 is 10.0 Å². The topological polar surface area (TPSA) is 66.3 Å². The first-order valence-electron chi connectivity index (χ1n) is 6.86. The van der Waals surface area contributed by atoms with E-state index in [-0.39, 0.29) is 5.69 Å². The smallest absolute Gasteiger partial charge is 0.356 e. The molecule has 1 aliphatic heterocycles. The highest BCUT2D eigenvalue weighted by Gasteiger charge is 2.22. The van der Waals surface area contributed by atoms with Crippen LogP contribution < -0.4 is 4.90 Å². The van der Waals surface area contributed by atoms with Crippen molar-refractivity contribution in [3.05, 3.63) is 18.1 Å². The lowest BCUT2D eigenvalue weighted by Gasteiger charge is -2.34. The van der Waals surface area contributed by atoms with Crippen LogP contribution in [-0.2, 0) is 0 Å². The van der Waals surface area contributed by atoms with E-state index in [0.29, 0.717) is 11.8 Å². The SMILES string of the molecule is CC(C)CC1CCCN(c2cnc(C(=O)O)cn2)C1. The second kappa shape index (κ2) is 5.99. The number of aromatic nitrogens is 2. The van der Waals surface area contributed by atoms with E-state index in [1.807, 2.05) is 0 Å². The number of piperidine rings is 1. The molecule has 0 spiro atoms. The van der Waals surface area contributed by atoms with E-state index >= 15 is 0 Å². The first kappa shape index (κ1) is 13.8. The summed E-state index contributed by atoms with van der Waals surface area (Å²) in [5.41, 5.74) is -0.000472. The zero-order valence-corrected chi connectivity index (χ0v) is 11.5. The van der Waals surface area contributed by atoms with Gasteiger partial charge in [0.15, 0.2) is 5.69 Å². The van der Waals surface area contributed by atoms with E-state index in [9.17, 15) is 4.79 Å². The quantitative estimate of drug-likeness (QED) is 0.903. The minimum Gasteiger partial charge on any atom is -0.476 e. The summed E-state index contributed by atoms with van der Waals surface area (Å²) >= 11 is 0. The molecular weight excluding hydrogens is 242 g/mol. The van der Waals surface area contributed by atoms with Gasteiger partial charge in [-0.25, -0.2) is 14.8 Å². The zero-order chi connectivity index (χ0) is 13.8. The van der Waals surface area contributed by atoms with Crippen LogP contribution in [0.5, 0.6) is 0 Å². The van der Waals surface area contributed by atoms with Crippen molar-refractivity contribution in [2.75, 3.05) is 18.0 Å². The van der Waals surface area contributed by atoms with Gasteiger partial charge in [-0.3, -0.25) is 0 Å². The number of anilines is 1. The van der Waals surface area contributed by atoms with Gasteiger partial charge in [0, 0.05) is 13.1 Å². The van der Waals surface area contributed by atoms with Gasteiger partial charge in [0.2, 0.25) is 0 Å². The molecule has 0 saturated carbocycles. The summed E-state index contributed by atoms with van der Waals surface area (Å²) in [5.74, 6) is 1.17. The maximum Gasteiger partial charge on any atom is 0.356 e. The maximum atomic E-state index is 10.7. The molecule has 1 saturated heterocycles. The maximum absolute atomic E-state index is 10.7. The van der Waals surface area contributed by atoms with Crippen LogP contribution in [0, 0.1) is 11.8 Å². The Labute approximate surface area is 113 Å². The Morgan fingerprint density at radius 1 is 1.47 bits per heavy atom.